The molecule has 0 bridgehead atoms. The van der Waals surface area contributed by atoms with Crippen molar-refractivity contribution in [2.75, 3.05) is 0 Å². The second-order valence-corrected chi connectivity index (χ2v) is 5.77. The third-order valence-corrected chi connectivity index (χ3v) is 4.17. The maximum Gasteiger partial charge on any atom is 0.221 e. The van der Waals surface area contributed by atoms with Gasteiger partial charge in [0.25, 0.3) is 0 Å². The molecular formula is C17H15N3O2S. The van der Waals surface area contributed by atoms with Gasteiger partial charge in [-0.2, -0.15) is 0 Å². The fourth-order valence-corrected chi connectivity index (χ4v) is 3.12. The lowest BCUT2D eigenvalue weighted by molar-refractivity contribution is -0.117. The van der Waals surface area contributed by atoms with Gasteiger partial charge in [0.05, 0.1) is 17.5 Å². The quantitative estimate of drug-likeness (QED) is 0.743. The van der Waals surface area contributed by atoms with Gasteiger partial charge in [-0.3, -0.25) is 9.36 Å². The molecular weight excluding hydrogens is 310 g/mol. The van der Waals surface area contributed by atoms with Crippen molar-refractivity contribution in [2.45, 2.75) is 13.3 Å². The summed E-state index contributed by atoms with van der Waals surface area (Å²) >= 11 is 0.428. The predicted molar refractivity (Wildman–Crippen MR) is 91.5 cm³/mol. The molecule has 0 aliphatic carbocycles. The number of benzene rings is 2. The molecule has 0 unspecified atom stereocenters. The van der Waals surface area contributed by atoms with Gasteiger partial charge in [-0.25, -0.2) is 9.19 Å². The Morgan fingerprint density at radius 1 is 1.17 bits per heavy atom. The number of nitrogens with zero attached hydrogens (tertiary/aromatic N) is 2. The Kier molecular flexibility index (Phi) is 4.08. The van der Waals surface area contributed by atoms with E-state index >= 15 is 0 Å². The highest BCUT2D eigenvalue weighted by Gasteiger charge is 2.14. The Balaban J connectivity index is 2.08. The van der Waals surface area contributed by atoms with Gasteiger partial charge >= 0.3 is 0 Å². The summed E-state index contributed by atoms with van der Waals surface area (Å²) in [6.07, 6.45) is 0.188. The number of carbonyl (C=O) groups excluding carboxylic acids is 1. The largest absolute Gasteiger partial charge is 0.369 e. The van der Waals surface area contributed by atoms with E-state index in [1.54, 1.807) is 0 Å². The molecule has 1 aromatic heterocycles. The minimum atomic E-state index is -0.378. The van der Waals surface area contributed by atoms with Crippen LogP contribution in [-0.4, -0.2) is 24.7 Å². The molecule has 0 saturated heterocycles. The Hall–Kier alpha value is -2.73. The monoisotopic (exact) mass is 325 g/mol. The van der Waals surface area contributed by atoms with Crippen molar-refractivity contribution in [1.29, 1.82) is 0 Å². The molecule has 6 heteroatoms. The van der Waals surface area contributed by atoms with Crippen LogP contribution in [0.5, 0.6) is 0 Å². The van der Waals surface area contributed by atoms with Crippen LogP contribution in [0.3, 0.4) is 0 Å². The highest BCUT2D eigenvalue weighted by molar-refractivity contribution is 7.67. The van der Waals surface area contributed by atoms with E-state index in [2.05, 4.69) is 4.98 Å². The average molecular weight is 325 g/mol. The van der Waals surface area contributed by atoms with Crippen LogP contribution in [0, 0.1) is 6.92 Å². The van der Waals surface area contributed by atoms with Crippen LogP contribution >= 0.6 is 0 Å². The molecule has 3 aromatic rings. The molecule has 23 heavy (non-hydrogen) atoms. The van der Waals surface area contributed by atoms with Crippen molar-refractivity contribution in [2.24, 2.45) is 5.73 Å². The first-order valence-electron chi connectivity index (χ1n) is 7.09. The highest BCUT2D eigenvalue weighted by Crippen LogP contribution is 2.18. The standard InChI is InChI=1S/C17H15N3O2S/c1-11-19-14-4-2-3-5-15(14)20(11)17(23-22)13-8-6-12(7-9-13)10-16(18)21/h2-9H,10H2,1H3,(H2,18,21). The first kappa shape index (κ1) is 15.2. The summed E-state index contributed by atoms with van der Waals surface area (Å²) in [5.74, 6) is 0.377. The molecule has 0 atom stereocenters. The molecule has 0 aliphatic rings. The molecule has 0 spiro atoms. The van der Waals surface area contributed by atoms with Gasteiger partial charge in [-0.15, -0.1) is 0 Å². The van der Waals surface area contributed by atoms with Gasteiger partial charge in [0, 0.05) is 5.56 Å². The number of rotatable bonds is 3. The molecule has 1 heterocycles. The number of para-hydroxylation sites is 2. The van der Waals surface area contributed by atoms with Crippen LogP contribution in [0.2, 0.25) is 0 Å². The van der Waals surface area contributed by atoms with Crippen molar-refractivity contribution in [3.8, 4) is 0 Å². The van der Waals surface area contributed by atoms with E-state index in [0.717, 1.165) is 28.0 Å². The zero-order chi connectivity index (χ0) is 16.4. The Bertz CT molecular complexity index is 938. The molecule has 0 aliphatic heterocycles. The number of hydrogen-bond acceptors (Lipinski definition) is 3. The number of aromatic nitrogens is 2. The predicted octanol–water partition coefficient (Wildman–Crippen LogP) is 1.61. The molecule has 1 amide bonds. The van der Waals surface area contributed by atoms with E-state index < -0.39 is 0 Å². The van der Waals surface area contributed by atoms with Crippen molar-refractivity contribution in [1.82, 2.24) is 9.55 Å². The number of hydrogen-bond donors (Lipinski definition) is 1. The van der Waals surface area contributed by atoms with Gasteiger partial charge < -0.3 is 5.73 Å². The number of fused-ring (bicyclic) bond motifs is 1. The second-order valence-electron chi connectivity index (χ2n) is 5.21. The molecule has 116 valence electrons. The van der Waals surface area contributed by atoms with Gasteiger partial charge in [0.2, 0.25) is 5.91 Å². The highest BCUT2D eigenvalue weighted by atomic mass is 32.1. The molecule has 0 saturated carbocycles. The van der Waals surface area contributed by atoms with Crippen LogP contribution in [0.4, 0.5) is 0 Å². The van der Waals surface area contributed by atoms with E-state index in [4.69, 9.17) is 5.73 Å². The zero-order valence-electron chi connectivity index (χ0n) is 12.5. The number of carbonyl (C=O) groups is 1. The normalized spacial score (nSPS) is 10.7. The van der Waals surface area contributed by atoms with Crippen molar-refractivity contribution in [3.63, 3.8) is 0 Å². The average Bonchev–Trinajstić information content (AvgIpc) is 2.86. The van der Waals surface area contributed by atoms with Gasteiger partial charge in [-0.1, -0.05) is 36.4 Å². The fourth-order valence-electron chi connectivity index (χ4n) is 2.58. The summed E-state index contributed by atoms with van der Waals surface area (Å²) in [6, 6.07) is 15.0. The van der Waals surface area contributed by atoms with Crippen molar-refractivity contribution < 1.29 is 9.00 Å². The zero-order valence-corrected chi connectivity index (χ0v) is 13.3. The van der Waals surface area contributed by atoms with Gasteiger partial charge in [0.15, 0.2) is 0 Å². The lowest BCUT2D eigenvalue weighted by Gasteiger charge is -2.09. The van der Waals surface area contributed by atoms with Crippen LogP contribution in [0.1, 0.15) is 17.0 Å². The summed E-state index contributed by atoms with van der Waals surface area (Å²) < 4.78 is 13.6. The number of aryl methyl sites for hydroxylation is 1. The molecule has 2 N–H and O–H groups in total. The van der Waals surface area contributed by atoms with Gasteiger partial charge in [-0.05, 0) is 24.6 Å². The summed E-state index contributed by atoms with van der Waals surface area (Å²) in [4.78, 5) is 16.0. The second kappa shape index (κ2) is 6.18. The lowest BCUT2D eigenvalue weighted by atomic mass is 10.1. The minimum absolute atomic E-state index is 0.188. The van der Waals surface area contributed by atoms with E-state index in [0.29, 0.717) is 16.2 Å². The Morgan fingerprint density at radius 3 is 2.52 bits per heavy atom. The number of imidazole rings is 1. The SMILES string of the molecule is Cc1nc2ccccc2n1C(=S=O)c1ccc(CC(N)=O)cc1. The maximum absolute atomic E-state index is 11.7. The van der Waals surface area contributed by atoms with Crippen molar-refractivity contribution in [3.05, 3.63) is 65.5 Å². The Labute approximate surface area is 136 Å². The third kappa shape index (κ3) is 2.93. The van der Waals surface area contributed by atoms with E-state index in [1.807, 2.05) is 60.0 Å². The number of amides is 1. The van der Waals surface area contributed by atoms with Gasteiger partial charge in [0.1, 0.15) is 22.1 Å². The smallest absolute Gasteiger partial charge is 0.221 e. The number of nitrogens with two attached hydrogens (primary N) is 1. The Morgan fingerprint density at radius 2 is 1.87 bits per heavy atom. The van der Waals surface area contributed by atoms with Crippen LogP contribution < -0.4 is 5.73 Å². The summed E-state index contributed by atoms with van der Waals surface area (Å²) in [5.41, 5.74) is 8.54. The summed E-state index contributed by atoms with van der Waals surface area (Å²) in [5, 5.41) is 0. The van der Waals surface area contributed by atoms with Crippen LogP contribution in [-0.2, 0) is 22.5 Å². The molecule has 0 radical (unpaired) electrons. The van der Waals surface area contributed by atoms with Crippen LogP contribution in [0.15, 0.2) is 48.5 Å². The first-order valence-corrected chi connectivity index (χ1v) is 7.83. The molecule has 0 fully saturated rings. The third-order valence-electron chi connectivity index (χ3n) is 3.59. The minimum Gasteiger partial charge on any atom is -0.369 e. The number of primary amides is 1. The topological polar surface area (TPSA) is 78.0 Å². The van der Waals surface area contributed by atoms with Crippen LogP contribution in [0.25, 0.3) is 11.0 Å². The first-order chi connectivity index (χ1) is 11.1. The maximum atomic E-state index is 11.7. The molecule has 2 aromatic carbocycles. The molecule has 3 rings (SSSR count). The molecule has 5 nitrogen and oxygen atoms in total. The summed E-state index contributed by atoms with van der Waals surface area (Å²) in [6.45, 7) is 1.87. The van der Waals surface area contributed by atoms with E-state index in [1.165, 1.54) is 0 Å². The van der Waals surface area contributed by atoms with E-state index in [9.17, 15) is 9.00 Å². The summed E-state index contributed by atoms with van der Waals surface area (Å²) in [7, 11) is 0. The fraction of sp³-hybridized carbons (Fsp3) is 0.118. The van der Waals surface area contributed by atoms with Crippen molar-refractivity contribution >= 4 is 33.2 Å². The lowest BCUT2D eigenvalue weighted by Crippen LogP contribution is -2.16. The van der Waals surface area contributed by atoms with E-state index in [-0.39, 0.29) is 12.3 Å².